The molecule has 0 bridgehead atoms. The summed E-state index contributed by atoms with van der Waals surface area (Å²) < 4.78 is 18.5. The lowest BCUT2D eigenvalue weighted by Crippen LogP contribution is -2.34. The molecular weight excluding hydrogens is 223 g/mol. The first-order chi connectivity index (χ1) is 8.08. The van der Waals surface area contributed by atoms with Crippen molar-refractivity contribution in [2.45, 2.75) is 13.8 Å². The quantitative estimate of drug-likeness (QED) is 0.796. The first-order valence-electron chi connectivity index (χ1n) is 5.54. The Kier molecular flexibility index (Phi) is 4.75. The fraction of sp³-hybridized carbons (Fsp3) is 0.417. The summed E-state index contributed by atoms with van der Waals surface area (Å²) in [6, 6.07) is 4.11. The van der Waals surface area contributed by atoms with E-state index in [0.29, 0.717) is 18.8 Å². The van der Waals surface area contributed by atoms with Crippen LogP contribution in [0.25, 0.3) is 0 Å². The number of nitrogens with zero attached hydrogens (tertiary/aromatic N) is 1. The Morgan fingerprint density at radius 2 is 2.06 bits per heavy atom. The van der Waals surface area contributed by atoms with Gasteiger partial charge in [-0.05, 0) is 26.0 Å². The molecule has 1 aromatic rings. The molecule has 0 aliphatic carbocycles. The summed E-state index contributed by atoms with van der Waals surface area (Å²) >= 11 is 0. The number of hydrogen-bond donors (Lipinski definition) is 1. The number of nitrogens with two attached hydrogens (primary N) is 1. The third-order valence-corrected chi connectivity index (χ3v) is 2.42. The Morgan fingerprint density at radius 3 is 2.59 bits per heavy atom. The SMILES string of the molecule is CCN(CC)C(=O)COc1ccc(N)cc1F. The number of halogens is 1. The molecule has 0 saturated carbocycles. The molecule has 4 nitrogen and oxygen atoms in total. The van der Waals surface area contributed by atoms with Crippen LogP contribution in [0.2, 0.25) is 0 Å². The standard InChI is InChI=1S/C12H17FN2O2/c1-3-15(4-2)12(16)8-17-11-6-5-9(14)7-10(11)13/h5-7H,3-4,8,14H2,1-2H3. The van der Waals surface area contributed by atoms with Crippen molar-refractivity contribution in [1.82, 2.24) is 4.90 Å². The molecule has 2 N–H and O–H groups in total. The van der Waals surface area contributed by atoms with E-state index in [2.05, 4.69) is 0 Å². The number of nitrogen functional groups attached to an aromatic ring is 1. The third-order valence-electron chi connectivity index (χ3n) is 2.42. The van der Waals surface area contributed by atoms with Gasteiger partial charge in [-0.25, -0.2) is 4.39 Å². The van der Waals surface area contributed by atoms with E-state index in [-0.39, 0.29) is 18.3 Å². The van der Waals surface area contributed by atoms with Gasteiger partial charge in [-0.3, -0.25) is 4.79 Å². The zero-order valence-corrected chi connectivity index (χ0v) is 10.1. The number of hydrogen-bond acceptors (Lipinski definition) is 3. The molecule has 0 fully saturated rings. The Morgan fingerprint density at radius 1 is 1.41 bits per heavy atom. The maximum absolute atomic E-state index is 13.3. The van der Waals surface area contributed by atoms with E-state index in [1.165, 1.54) is 12.1 Å². The van der Waals surface area contributed by atoms with Gasteiger partial charge in [0.05, 0.1) is 0 Å². The van der Waals surface area contributed by atoms with Gasteiger partial charge in [0, 0.05) is 24.8 Å². The molecule has 5 heteroatoms. The first kappa shape index (κ1) is 13.3. The molecule has 0 radical (unpaired) electrons. The van der Waals surface area contributed by atoms with Gasteiger partial charge in [0.2, 0.25) is 0 Å². The van der Waals surface area contributed by atoms with Crippen LogP contribution < -0.4 is 10.5 Å². The number of likely N-dealkylation sites (N-methyl/N-ethyl adjacent to an activating group) is 1. The lowest BCUT2D eigenvalue weighted by Gasteiger charge is -2.18. The van der Waals surface area contributed by atoms with E-state index >= 15 is 0 Å². The summed E-state index contributed by atoms with van der Waals surface area (Å²) in [7, 11) is 0. The smallest absolute Gasteiger partial charge is 0.260 e. The number of carbonyl (C=O) groups excluding carboxylic acids is 1. The fourth-order valence-corrected chi connectivity index (χ4v) is 1.44. The van der Waals surface area contributed by atoms with Crippen LogP contribution in [-0.2, 0) is 4.79 Å². The van der Waals surface area contributed by atoms with Crippen molar-refractivity contribution in [3.63, 3.8) is 0 Å². The Labute approximate surface area is 100 Å². The molecule has 0 saturated heterocycles. The number of amides is 1. The van der Waals surface area contributed by atoms with Crippen LogP contribution in [0.15, 0.2) is 18.2 Å². The average Bonchev–Trinajstić information content (AvgIpc) is 2.29. The number of ether oxygens (including phenoxy) is 1. The van der Waals surface area contributed by atoms with Crippen LogP contribution in [0.1, 0.15) is 13.8 Å². The molecule has 94 valence electrons. The minimum Gasteiger partial charge on any atom is -0.481 e. The molecule has 0 atom stereocenters. The maximum Gasteiger partial charge on any atom is 0.260 e. The second-order valence-electron chi connectivity index (χ2n) is 3.54. The average molecular weight is 240 g/mol. The molecule has 1 amide bonds. The Bertz CT molecular complexity index is 392. The highest BCUT2D eigenvalue weighted by molar-refractivity contribution is 5.77. The molecule has 0 aliphatic rings. The van der Waals surface area contributed by atoms with Crippen LogP contribution >= 0.6 is 0 Å². The largest absolute Gasteiger partial charge is 0.481 e. The first-order valence-corrected chi connectivity index (χ1v) is 5.54. The van der Waals surface area contributed by atoms with Crippen molar-refractivity contribution in [2.24, 2.45) is 0 Å². The number of rotatable bonds is 5. The van der Waals surface area contributed by atoms with E-state index in [0.717, 1.165) is 6.07 Å². The van der Waals surface area contributed by atoms with Gasteiger partial charge in [-0.15, -0.1) is 0 Å². The molecular formula is C12H17FN2O2. The minimum atomic E-state index is -0.558. The normalized spacial score (nSPS) is 10.1. The van der Waals surface area contributed by atoms with Crippen molar-refractivity contribution in [3.8, 4) is 5.75 Å². The highest BCUT2D eigenvalue weighted by atomic mass is 19.1. The van der Waals surface area contributed by atoms with Crippen LogP contribution in [0.5, 0.6) is 5.75 Å². The van der Waals surface area contributed by atoms with E-state index in [4.69, 9.17) is 10.5 Å². The molecule has 1 aromatic carbocycles. The Balaban J connectivity index is 2.58. The number of anilines is 1. The number of benzene rings is 1. The summed E-state index contributed by atoms with van der Waals surface area (Å²) in [5.74, 6) is -0.678. The number of carbonyl (C=O) groups is 1. The van der Waals surface area contributed by atoms with Gasteiger partial charge in [-0.1, -0.05) is 0 Å². The second kappa shape index (κ2) is 6.08. The lowest BCUT2D eigenvalue weighted by atomic mass is 10.3. The summed E-state index contributed by atoms with van der Waals surface area (Å²) in [6.07, 6.45) is 0. The van der Waals surface area contributed by atoms with Gasteiger partial charge in [-0.2, -0.15) is 0 Å². The molecule has 0 aromatic heterocycles. The molecule has 0 heterocycles. The summed E-state index contributed by atoms with van der Waals surface area (Å²) in [5.41, 5.74) is 5.73. The molecule has 17 heavy (non-hydrogen) atoms. The topological polar surface area (TPSA) is 55.6 Å². The van der Waals surface area contributed by atoms with Gasteiger partial charge in [0.25, 0.3) is 5.91 Å². The predicted molar refractivity (Wildman–Crippen MR) is 64.2 cm³/mol. The molecule has 0 aliphatic heterocycles. The zero-order chi connectivity index (χ0) is 12.8. The van der Waals surface area contributed by atoms with Gasteiger partial charge >= 0.3 is 0 Å². The molecule has 1 rings (SSSR count). The van der Waals surface area contributed by atoms with Crippen molar-refractivity contribution in [3.05, 3.63) is 24.0 Å². The van der Waals surface area contributed by atoms with E-state index in [9.17, 15) is 9.18 Å². The highest BCUT2D eigenvalue weighted by Crippen LogP contribution is 2.19. The summed E-state index contributed by atoms with van der Waals surface area (Å²) in [6.45, 7) is 4.82. The van der Waals surface area contributed by atoms with Crippen LogP contribution in [0.4, 0.5) is 10.1 Å². The predicted octanol–water partition coefficient (Wildman–Crippen LogP) is 1.66. The van der Waals surface area contributed by atoms with E-state index in [1.54, 1.807) is 4.90 Å². The van der Waals surface area contributed by atoms with E-state index in [1.807, 2.05) is 13.8 Å². The second-order valence-corrected chi connectivity index (χ2v) is 3.54. The Hall–Kier alpha value is -1.78. The van der Waals surface area contributed by atoms with Crippen LogP contribution in [-0.4, -0.2) is 30.5 Å². The monoisotopic (exact) mass is 240 g/mol. The van der Waals surface area contributed by atoms with Crippen molar-refractivity contribution < 1.29 is 13.9 Å². The van der Waals surface area contributed by atoms with Gasteiger partial charge < -0.3 is 15.4 Å². The van der Waals surface area contributed by atoms with Gasteiger partial charge in [0.1, 0.15) is 0 Å². The molecule has 0 unspecified atom stereocenters. The van der Waals surface area contributed by atoms with Crippen molar-refractivity contribution in [1.29, 1.82) is 0 Å². The molecule has 0 spiro atoms. The highest BCUT2D eigenvalue weighted by Gasteiger charge is 2.11. The zero-order valence-electron chi connectivity index (χ0n) is 10.1. The van der Waals surface area contributed by atoms with Crippen molar-refractivity contribution in [2.75, 3.05) is 25.4 Å². The fourth-order valence-electron chi connectivity index (χ4n) is 1.44. The van der Waals surface area contributed by atoms with E-state index < -0.39 is 5.82 Å². The van der Waals surface area contributed by atoms with Gasteiger partial charge in [0.15, 0.2) is 18.2 Å². The van der Waals surface area contributed by atoms with Crippen LogP contribution in [0, 0.1) is 5.82 Å². The maximum atomic E-state index is 13.3. The third kappa shape index (κ3) is 3.62. The lowest BCUT2D eigenvalue weighted by molar-refractivity contribution is -0.133. The minimum absolute atomic E-state index is 0.0414. The van der Waals surface area contributed by atoms with Crippen molar-refractivity contribution >= 4 is 11.6 Å². The summed E-state index contributed by atoms with van der Waals surface area (Å²) in [5, 5.41) is 0. The van der Waals surface area contributed by atoms with Crippen LogP contribution in [0.3, 0.4) is 0 Å². The summed E-state index contributed by atoms with van der Waals surface area (Å²) in [4.78, 5) is 13.2.